The Labute approximate surface area is 109 Å². The molecular weight excluding hydrogens is 228 g/mol. The van der Waals surface area contributed by atoms with Crippen LogP contribution in [-0.2, 0) is 4.79 Å². The normalized spacial score (nSPS) is 12.5. The van der Waals surface area contributed by atoms with Crippen molar-refractivity contribution in [2.75, 3.05) is 26.7 Å². The maximum Gasteiger partial charge on any atom is 0.236 e. The highest BCUT2D eigenvalue weighted by Crippen LogP contribution is 2.14. The third-order valence-corrected chi connectivity index (χ3v) is 3.19. The Morgan fingerprint density at radius 2 is 2.06 bits per heavy atom. The van der Waals surface area contributed by atoms with E-state index in [-0.39, 0.29) is 11.9 Å². The van der Waals surface area contributed by atoms with Gasteiger partial charge in [-0.05, 0) is 33.9 Å². The van der Waals surface area contributed by atoms with E-state index in [2.05, 4.69) is 9.97 Å². The van der Waals surface area contributed by atoms with Crippen LogP contribution in [0.1, 0.15) is 32.5 Å². The van der Waals surface area contributed by atoms with Gasteiger partial charge in [0.25, 0.3) is 0 Å². The Morgan fingerprint density at radius 3 is 2.56 bits per heavy atom. The predicted octanol–water partition coefficient (Wildman–Crippen LogP) is 1.34. The standard InChI is InChI=1S/C13H22N4O/c1-5-17(6-2)13(18)9-16(4)11(3)12-7-8-14-10-15-12/h7-8,10-11H,5-6,9H2,1-4H3. The number of nitrogens with zero attached hydrogens (tertiary/aromatic N) is 4. The van der Waals surface area contributed by atoms with Gasteiger partial charge in [-0.15, -0.1) is 0 Å². The molecule has 0 fully saturated rings. The van der Waals surface area contributed by atoms with Crippen LogP contribution in [0.5, 0.6) is 0 Å². The van der Waals surface area contributed by atoms with Gasteiger partial charge in [0.05, 0.1) is 12.2 Å². The fourth-order valence-electron chi connectivity index (χ4n) is 1.80. The smallest absolute Gasteiger partial charge is 0.236 e. The summed E-state index contributed by atoms with van der Waals surface area (Å²) in [6, 6.07) is 1.98. The number of carbonyl (C=O) groups is 1. The zero-order valence-corrected chi connectivity index (χ0v) is 11.6. The summed E-state index contributed by atoms with van der Waals surface area (Å²) in [7, 11) is 1.94. The molecule has 0 aliphatic heterocycles. The molecule has 1 aromatic heterocycles. The van der Waals surface area contributed by atoms with Crippen molar-refractivity contribution >= 4 is 5.91 Å². The number of likely N-dealkylation sites (N-methyl/N-ethyl adjacent to an activating group) is 2. The van der Waals surface area contributed by atoms with Gasteiger partial charge in [0.1, 0.15) is 6.33 Å². The van der Waals surface area contributed by atoms with E-state index >= 15 is 0 Å². The van der Waals surface area contributed by atoms with Crippen molar-refractivity contribution in [3.05, 3.63) is 24.3 Å². The van der Waals surface area contributed by atoms with Crippen molar-refractivity contribution in [3.63, 3.8) is 0 Å². The number of aromatic nitrogens is 2. The van der Waals surface area contributed by atoms with Crippen LogP contribution in [0.2, 0.25) is 0 Å². The minimum absolute atomic E-state index is 0.104. The van der Waals surface area contributed by atoms with Crippen molar-refractivity contribution in [2.24, 2.45) is 0 Å². The van der Waals surface area contributed by atoms with Gasteiger partial charge in [0, 0.05) is 25.3 Å². The van der Waals surface area contributed by atoms with Crippen LogP contribution in [0, 0.1) is 0 Å². The van der Waals surface area contributed by atoms with Crippen molar-refractivity contribution in [3.8, 4) is 0 Å². The predicted molar refractivity (Wildman–Crippen MR) is 71.0 cm³/mol. The Balaban J connectivity index is 2.60. The van der Waals surface area contributed by atoms with Gasteiger partial charge < -0.3 is 4.90 Å². The first kappa shape index (κ1) is 14.6. The van der Waals surface area contributed by atoms with E-state index in [1.54, 1.807) is 6.20 Å². The molecule has 0 aliphatic rings. The van der Waals surface area contributed by atoms with Crippen molar-refractivity contribution in [1.29, 1.82) is 0 Å². The number of hydrogen-bond acceptors (Lipinski definition) is 4. The molecule has 1 atom stereocenters. The summed E-state index contributed by atoms with van der Waals surface area (Å²) < 4.78 is 0. The Kier molecular flexibility index (Phi) is 5.71. The molecule has 1 heterocycles. The average Bonchev–Trinajstić information content (AvgIpc) is 2.40. The van der Waals surface area contributed by atoms with E-state index in [1.165, 1.54) is 6.33 Å². The van der Waals surface area contributed by atoms with E-state index in [0.717, 1.165) is 18.8 Å². The molecule has 1 rings (SSSR count). The molecule has 0 aromatic carbocycles. The molecule has 1 unspecified atom stereocenters. The van der Waals surface area contributed by atoms with Crippen LogP contribution >= 0.6 is 0 Å². The van der Waals surface area contributed by atoms with Gasteiger partial charge in [-0.2, -0.15) is 0 Å². The van der Waals surface area contributed by atoms with Gasteiger partial charge in [-0.25, -0.2) is 9.97 Å². The second-order valence-corrected chi connectivity index (χ2v) is 4.29. The molecule has 0 bridgehead atoms. The topological polar surface area (TPSA) is 49.3 Å². The van der Waals surface area contributed by atoms with Gasteiger partial charge in [0.15, 0.2) is 0 Å². The van der Waals surface area contributed by atoms with E-state index in [1.807, 2.05) is 43.7 Å². The molecule has 100 valence electrons. The lowest BCUT2D eigenvalue weighted by molar-refractivity contribution is -0.132. The van der Waals surface area contributed by atoms with Crippen LogP contribution in [0.3, 0.4) is 0 Å². The van der Waals surface area contributed by atoms with Gasteiger partial charge in [-0.3, -0.25) is 9.69 Å². The Morgan fingerprint density at radius 1 is 1.39 bits per heavy atom. The third-order valence-electron chi connectivity index (χ3n) is 3.19. The average molecular weight is 250 g/mol. The largest absolute Gasteiger partial charge is 0.342 e. The Hall–Kier alpha value is -1.49. The molecule has 0 saturated carbocycles. The van der Waals surface area contributed by atoms with Crippen molar-refractivity contribution in [1.82, 2.24) is 19.8 Å². The lowest BCUT2D eigenvalue weighted by Gasteiger charge is -2.27. The molecule has 1 amide bonds. The van der Waals surface area contributed by atoms with Gasteiger partial charge in [-0.1, -0.05) is 0 Å². The summed E-state index contributed by atoms with van der Waals surface area (Å²) in [5, 5.41) is 0. The summed E-state index contributed by atoms with van der Waals surface area (Å²) in [6.07, 6.45) is 3.25. The van der Waals surface area contributed by atoms with Crippen LogP contribution < -0.4 is 0 Å². The molecule has 0 N–H and O–H groups in total. The Bertz CT molecular complexity index is 365. The molecule has 5 heteroatoms. The monoisotopic (exact) mass is 250 g/mol. The maximum absolute atomic E-state index is 12.0. The second-order valence-electron chi connectivity index (χ2n) is 4.29. The quantitative estimate of drug-likeness (QED) is 0.764. The molecule has 0 aliphatic carbocycles. The minimum atomic E-state index is 0.104. The third kappa shape index (κ3) is 3.77. The van der Waals surface area contributed by atoms with Crippen molar-refractivity contribution in [2.45, 2.75) is 26.8 Å². The number of carbonyl (C=O) groups excluding carboxylic acids is 1. The van der Waals surface area contributed by atoms with Crippen molar-refractivity contribution < 1.29 is 4.79 Å². The number of rotatable bonds is 6. The van der Waals surface area contributed by atoms with E-state index in [0.29, 0.717) is 6.54 Å². The molecule has 0 spiro atoms. The molecule has 0 radical (unpaired) electrons. The summed E-state index contributed by atoms with van der Waals surface area (Å²) >= 11 is 0. The first-order chi connectivity index (χ1) is 8.60. The lowest BCUT2D eigenvalue weighted by atomic mass is 10.2. The summed E-state index contributed by atoms with van der Waals surface area (Å²) in [6.45, 7) is 7.95. The lowest BCUT2D eigenvalue weighted by Crippen LogP contribution is -2.39. The summed E-state index contributed by atoms with van der Waals surface area (Å²) in [4.78, 5) is 24.0. The van der Waals surface area contributed by atoms with Gasteiger partial charge in [0.2, 0.25) is 5.91 Å². The number of hydrogen-bond donors (Lipinski definition) is 0. The number of amides is 1. The van der Waals surface area contributed by atoms with E-state index in [9.17, 15) is 4.79 Å². The zero-order valence-electron chi connectivity index (χ0n) is 11.6. The van der Waals surface area contributed by atoms with Crippen LogP contribution in [0.4, 0.5) is 0 Å². The molecule has 0 saturated heterocycles. The summed E-state index contributed by atoms with van der Waals surface area (Å²) in [5.41, 5.74) is 0.930. The molecule has 5 nitrogen and oxygen atoms in total. The molecule has 1 aromatic rings. The fourth-order valence-corrected chi connectivity index (χ4v) is 1.80. The second kappa shape index (κ2) is 7.06. The zero-order chi connectivity index (χ0) is 13.5. The van der Waals surface area contributed by atoms with E-state index < -0.39 is 0 Å². The van der Waals surface area contributed by atoms with Gasteiger partial charge >= 0.3 is 0 Å². The molecular formula is C13H22N4O. The fraction of sp³-hybridized carbons (Fsp3) is 0.615. The summed E-state index contributed by atoms with van der Waals surface area (Å²) in [5.74, 6) is 0.156. The SMILES string of the molecule is CCN(CC)C(=O)CN(C)C(C)c1ccncn1. The highest BCUT2D eigenvalue weighted by atomic mass is 16.2. The first-order valence-electron chi connectivity index (χ1n) is 6.34. The highest BCUT2D eigenvalue weighted by molar-refractivity contribution is 5.78. The van der Waals surface area contributed by atoms with Crippen LogP contribution in [0.25, 0.3) is 0 Å². The highest BCUT2D eigenvalue weighted by Gasteiger charge is 2.18. The van der Waals surface area contributed by atoms with Crippen LogP contribution in [-0.4, -0.2) is 52.4 Å². The minimum Gasteiger partial charge on any atom is -0.342 e. The maximum atomic E-state index is 12.0. The van der Waals surface area contributed by atoms with Crippen LogP contribution in [0.15, 0.2) is 18.6 Å². The molecule has 18 heavy (non-hydrogen) atoms. The van der Waals surface area contributed by atoms with E-state index in [4.69, 9.17) is 0 Å². The first-order valence-corrected chi connectivity index (χ1v) is 6.34.